The van der Waals surface area contributed by atoms with Gasteiger partial charge in [0.1, 0.15) is 10.8 Å². The molecule has 0 saturated carbocycles. The van der Waals surface area contributed by atoms with Crippen molar-refractivity contribution < 1.29 is 0 Å². The van der Waals surface area contributed by atoms with E-state index in [-0.39, 0.29) is 5.69 Å². The lowest BCUT2D eigenvalue weighted by Crippen LogP contribution is -2.17. The summed E-state index contributed by atoms with van der Waals surface area (Å²) in [5.41, 5.74) is 5.31. The molecule has 8 heteroatoms. The molecule has 0 aliphatic heterocycles. The van der Waals surface area contributed by atoms with Crippen LogP contribution in [0.1, 0.15) is 13.3 Å². The summed E-state index contributed by atoms with van der Waals surface area (Å²) in [6, 6.07) is 0. The van der Waals surface area contributed by atoms with E-state index in [9.17, 15) is 4.79 Å². The number of hydrogen-bond donors (Lipinski definition) is 2. The second-order valence-electron chi connectivity index (χ2n) is 3.35. The summed E-state index contributed by atoms with van der Waals surface area (Å²) in [6.07, 6.45) is 3.90. The summed E-state index contributed by atoms with van der Waals surface area (Å²) < 4.78 is 1.57. The fourth-order valence-corrected chi connectivity index (χ4v) is 2.13. The predicted molar refractivity (Wildman–Crippen MR) is 63.7 cm³/mol. The van der Waals surface area contributed by atoms with E-state index in [0.717, 1.165) is 6.42 Å². The third-order valence-electron chi connectivity index (χ3n) is 2.00. The number of aromatic amines is 1. The first-order valence-corrected chi connectivity index (χ1v) is 5.93. The lowest BCUT2D eigenvalue weighted by atomic mass is 10.5. The number of H-pyrrole nitrogens is 1. The molecular weight excluding hydrogens is 240 g/mol. The Morgan fingerprint density at radius 1 is 1.53 bits per heavy atom. The average molecular weight is 252 g/mol. The van der Waals surface area contributed by atoms with E-state index in [1.807, 2.05) is 6.92 Å². The number of nitrogens with zero attached hydrogens (tertiary/aromatic N) is 4. The van der Waals surface area contributed by atoms with E-state index in [1.54, 1.807) is 10.8 Å². The van der Waals surface area contributed by atoms with Crippen LogP contribution in [-0.2, 0) is 6.54 Å². The SMILES string of the molecule is CCCn1c(Sc2cncc(N)n2)n[nH]c1=O. The number of anilines is 1. The molecule has 0 radical (unpaired) electrons. The van der Waals surface area contributed by atoms with Gasteiger partial charge in [0, 0.05) is 6.54 Å². The van der Waals surface area contributed by atoms with E-state index < -0.39 is 0 Å². The third-order valence-corrected chi connectivity index (χ3v) is 2.90. The van der Waals surface area contributed by atoms with Crippen molar-refractivity contribution in [2.75, 3.05) is 5.73 Å². The van der Waals surface area contributed by atoms with Gasteiger partial charge in [-0.25, -0.2) is 14.9 Å². The lowest BCUT2D eigenvalue weighted by Gasteiger charge is -2.02. The number of nitrogen functional groups attached to an aromatic ring is 1. The Labute approximate surface area is 101 Å². The smallest absolute Gasteiger partial charge is 0.343 e. The summed E-state index contributed by atoms with van der Waals surface area (Å²) in [5, 5.41) is 7.53. The van der Waals surface area contributed by atoms with Crippen LogP contribution >= 0.6 is 11.8 Å². The summed E-state index contributed by atoms with van der Waals surface area (Å²) >= 11 is 1.26. The van der Waals surface area contributed by atoms with Crippen LogP contribution in [-0.4, -0.2) is 24.7 Å². The number of aromatic nitrogens is 5. The molecule has 0 fully saturated rings. The molecule has 0 aliphatic rings. The highest BCUT2D eigenvalue weighted by molar-refractivity contribution is 7.99. The van der Waals surface area contributed by atoms with E-state index in [2.05, 4.69) is 20.2 Å². The fraction of sp³-hybridized carbons (Fsp3) is 0.333. The van der Waals surface area contributed by atoms with Gasteiger partial charge in [0.05, 0.1) is 12.4 Å². The van der Waals surface area contributed by atoms with Crippen LogP contribution in [0.2, 0.25) is 0 Å². The van der Waals surface area contributed by atoms with Gasteiger partial charge in [-0.1, -0.05) is 6.92 Å². The quantitative estimate of drug-likeness (QED) is 0.821. The van der Waals surface area contributed by atoms with Gasteiger partial charge in [-0.2, -0.15) is 0 Å². The number of nitrogens with one attached hydrogen (secondary N) is 1. The zero-order valence-corrected chi connectivity index (χ0v) is 10.1. The standard InChI is InChI=1S/C9H12N6OS/c1-2-3-15-8(16)13-14-9(15)17-7-5-11-4-6(10)12-7/h4-5H,2-3H2,1H3,(H2,10,12)(H,13,16). The first-order chi connectivity index (χ1) is 8.20. The molecule has 0 aromatic carbocycles. The molecule has 0 saturated heterocycles. The van der Waals surface area contributed by atoms with E-state index >= 15 is 0 Å². The van der Waals surface area contributed by atoms with E-state index in [4.69, 9.17) is 5.73 Å². The Hall–Kier alpha value is -1.83. The molecule has 17 heavy (non-hydrogen) atoms. The van der Waals surface area contributed by atoms with Gasteiger partial charge >= 0.3 is 5.69 Å². The minimum Gasteiger partial charge on any atom is -0.382 e. The van der Waals surface area contributed by atoms with Crippen molar-refractivity contribution in [1.82, 2.24) is 24.7 Å². The van der Waals surface area contributed by atoms with Crippen LogP contribution in [0.15, 0.2) is 27.4 Å². The normalized spacial score (nSPS) is 10.6. The Kier molecular flexibility index (Phi) is 3.43. The average Bonchev–Trinajstić information content (AvgIpc) is 2.62. The Morgan fingerprint density at radius 2 is 2.35 bits per heavy atom. The van der Waals surface area contributed by atoms with Gasteiger partial charge in [0.25, 0.3) is 0 Å². The zero-order chi connectivity index (χ0) is 12.3. The predicted octanol–water partition coefficient (Wildman–Crippen LogP) is 0.505. The maximum Gasteiger partial charge on any atom is 0.343 e. The first kappa shape index (κ1) is 11.6. The lowest BCUT2D eigenvalue weighted by molar-refractivity contribution is 0.603. The van der Waals surface area contributed by atoms with Crippen LogP contribution in [0.4, 0.5) is 5.82 Å². The number of hydrogen-bond acceptors (Lipinski definition) is 6. The maximum atomic E-state index is 11.5. The van der Waals surface area contributed by atoms with Crippen molar-refractivity contribution in [1.29, 1.82) is 0 Å². The van der Waals surface area contributed by atoms with Crippen LogP contribution in [0, 0.1) is 0 Å². The van der Waals surface area contributed by atoms with Crippen molar-refractivity contribution in [3.8, 4) is 0 Å². The van der Waals surface area contributed by atoms with Gasteiger partial charge in [-0.05, 0) is 18.2 Å². The molecule has 2 aromatic rings. The number of nitrogens with two attached hydrogens (primary N) is 1. The highest BCUT2D eigenvalue weighted by atomic mass is 32.2. The molecule has 0 amide bonds. The second kappa shape index (κ2) is 5.00. The Bertz CT molecular complexity index is 563. The highest BCUT2D eigenvalue weighted by Gasteiger charge is 2.10. The third kappa shape index (κ3) is 2.64. The highest BCUT2D eigenvalue weighted by Crippen LogP contribution is 2.22. The van der Waals surface area contributed by atoms with Crippen molar-refractivity contribution in [3.05, 3.63) is 22.9 Å². The van der Waals surface area contributed by atoms with Crippen molar-refractivity contribution in [2.24, 2.45) is 0 Å². The molecule has 0 bridgehead atoms. The maximum absolute atomic E-state index is 11.5. The van der Waals surface area contributed by atoms with Crippen molar-refractivity contribution in [3.63, 3.8) is 0 Å². The zero-order valence-electron chi connectivity index (χ0n) is 9.25. The molecule has 0 unspecified atom stereocenters. The topological polar surface area (TPSA) is 102 Å². The minimum absolute atomic E-state index is 0.216. The van der Waals surface area contributed by atoms with Crippen LogP contribution in [0.25, 0.3) is 0 Å². The summed E-state index contributed by atoms with van der Waals surface area (Å²) in [6.45, 7) is 2.61. The minimum atomic E-state index is -0.216. The van der Waals surface area contributed by atoms with Crippen molar-refractivity contribution >= 4 is 17.6 Å². The second-order valence-corrected chi connectivity index (χ2v) is 4.33. The van der Waals surface area contributed by atoms with Gasteiger partial charge in [0.2, 0.25) is 0 Å². The fourth-order valence-electron chi connectivity index (χ4n) is 1.31. The van der Waals surface area contributed by atoms with E-state index in [0.29, 0.717) is 22.5 Å². The molecule has 3 N–H and O–H groups in total. The molecule has 90 valence electrons. The molecule has 0 aliphatic carbocycles. The summed E-state index contributed by atoms with van der Waals surface area (Å²) in [4.78, 5) is 19.5. The summed E-state index contributed by atoms with van der Waals surface area (Å²) in [5.74, 6) is 0.343. The number of rotatable bonds is 4. The molecule has 2 aromatic heterocycles. The first-order valence-electron chi connectivity index (χ1n) is 5.11. The van der Waals surface area contributed by atoms with Crippen LogP contribution < -0.4 is 11.4 Å². The van der Waals surface area contributed by atoms with Gasteiger partial charge in [-0.3, -0.25) is 9.55 Å². The van der Waals surface area contributed by atoms with Gasteiger partial charge in [-0.15, -0.1) is 5.10 Å². The van der Waals surface area contributed by atoms with Crippen molar-refractivity contribution in [2.45, 2.75) is 30.1 Å². The summed E-state index contributed by atoms with van der Waals surface area (Å²) in [7, 11) is 0. The van der Waals surface area contributed by atoms with Crippen LogP contribution in [0.3, 0.4) is 0 Å². The van der Waals surface area contributed by atoms with Gasteiger partial charge in [0.15, 0.2) is 5.16 Å². The Morgan fingerprint density at radius 3 is 3.06 bits per heavy atom. The largest absolute Gasteiger partial charge is 0.382 e. The molecule has 7 nitrogen and oxygen atoms in total. The molecule has 0 atom stereocenters. The molecule has 2 heterocycles. The Balaban J connectivity index is 2.27. The molecular formula is C9H12N6OS. The van der Waals surface area contributed by atoms with Crippen LogP contribution in [0.5, 0.6) is 0 Å². The monoisotopic (exact) mass is 252 g/mol. The molecule has 2 rings (SSSR count). The molecule has 0 spiro atoms. The van der Waals surface area contributed by atoms with Gasteiger partial charge < -0.3 is 5.73 Å². The van der Waals surface area contributed by atoms with E-state index in [1.165, 1.54) is 18.0 Å².